The summed E-state index contributed by atoms with van der Waals surface area (Å²) in [6.07, 6.45) is 1.97. The second-order valence-corrected chi connectivity index (χ2v) is 9.14. The minimum absolute atomic E-state index is 0.0411. The zero-order valence-corrected chi connectivity index (χ0v) is 21.5. The Kier molecular flexibility index (Phi) is 8.20. The number of anilines is 1. The van der Waals surface area contributed by atoms with Crippen molar-refractivity contribution in [3.63, 3.8) is 0 Å². The lowest BCUT2D eigenvalue weighted by atomic mass is 9.97. The van der Waals surface area contributed by atoms with Gasteiger partial charge in [-0.25, -0.2) is 0 Å². The largest absolute Gasteiger partial charge is 0.493 e. The van der Waals surface area contributed by atoms with Crippen molar-refractivity contribution in [2.24, 2.45) is 5.92 Å². The molecule has 0 radical (unpaired) electrons. The molecule has 0 bridgehead atoms. The van der Waals surface area contributed by atoms with E-state index in [1.165, 1.54) is 5.56 Å². The summed E-state index contributed by atoms with van der Waals surface area (Å²) in [7, 11) is 6.39. The van der Waals surface area contributed by atoms with Crippen LogP contribution in [-0.2, 0) is 22.6 Å². The van der Waals surface area contributed by atoms with Crippen molar-refractivity contribution in [2.75, 3.05) is 59.9 Å². The Balaban J connectivity index is 1.27. The fourth-order valence-electron chi connectivity index (χ4n) is 4.96. The van der Waals surface area contributed by atoms with Crippen molar-refractivity contribution < 1.29 is 28.5 Å². The molecule has 36 heavy (non-hydrogen) atoms. The first-order valence-corrected chi connectivity index (χ1v) is 12.2. The Morgan fingerprint density at radius 2 is 1.56 bits per heavy atom. The van der Waals surface area contributed by atoms with Gasteiger partial charge in [-0.1, -0.05) is 0 Å². The van der Waals surface area contributed by atoms with Crippen molar-refractivity contribution >= 4 is 17.5 Å². The van der Waals surface area contributed by atoms with E-state index in [1.54, 1.807) is 46.6 Å². The Hall–Kier alpha value is -3.46. The smallest absolute Gasteiger partial charge is 0.227 e. The number of nitrogens with one attached hydrogen (secondary N) is 1. The Labute approximate surface area is 212 Å². The van der Waals surface area contributed by atoms with Crippen LogP contribution >= 0.6 is 0 Å². The molecule has 1 N–H and O–H groups in total. The van der Waals surface area contributed by atoms with Gasteiger partial charge < -0.3 is 34.1 Å². The van der Waals surface area contributed by atoms with Crippen molar-refractivity contribution in [3.8, 4) is 23.0 Å². The van der Waals surface area contributed by atoms with Gasteiger partial charge in [0, 0.05) is 44.4 Å². The van der Waals surface area contributed by atoms with E-state index in [-0.39, 0.29) is 17.7 Å². The van der Waals surface area contributed by atoms with E-state index in [9.17, 15) is 9.59 Å². The van der Waals surface area contributed by atoms with E-state index >= 15 is 0 Å². The highest BCUT2D eigenvalue weighted by Gasteiger charge is 2.33. The second kappa shape index (κ2) is 11.5. The SMILES string of the molecule is COc1ccc(NC(=O)CCN2CCC(C(=O)N3CCc4cc(OC)c(OC)cc4C3)C2)cc1OC. The first kappa shape index (κ1) is 25.6. The van der Waals surface area contributed by atoms with Gasteiger partial charge >= 0.3 is 0 Å². The average molecular weight is 498 g/mol. The second-order valence-electron chi connectivity index (χ2n) is 9.14. The number of benzene rings is 2. The number of methoxy groups -OCH3 is 4. The summed E-state index contributed by atoms with van der Waals surface area (Å²) >= 11 is 0. The highest BCUT2D eigenvalue weighted by molar-refractivity contribution is 5.91. The molecule has 2 amide bonds. The van der Waals surface area contributed by atoms with Gasteiger partial charge in [-0.3, -0.25) is 9.59 Å². The molecule has 9 nitrogen and oxygen atoms in total. The van der Waals surface area contributed by atoms with Crippen LogP contribution in [0, 0.1) is 5.92 Å². The number of ether oxygens (including phenoxy) is 4. The topological polar surface area (TPSA) is 89.6 Å². The molecule has 1 fully saturated rings. The van der Waals surface area contributed by atoms with Crippen LogP contribution in [0.3, 0.4) is 0 Å². The number of nitrogens with zero attached hydrogens (tertiary/aromatic N) is 2. The van der Waals surface area contributed by atoms with Crippen molar-refractivity contribution in [3.05, 3.63) is 41.5 Å². The normalized spacial score (nSPS) is 17.3. The molecule has 0 aliphatic carbocycles. The molecule has 4 rings (SSSR count). The van der Waals surface area contributed by atoms with Crippen LogP contribution in [0.25, 0.3) is 0 Å². The number of carbonyl (C=O) groups excluding carboxylic acids is 2. The summed E-state index contributed by atoms with van der Waals surface area (Å²) < 4.78 is 21.4. The molecule has 2 aliphatic heterocycles. The van der Waals surface area contributed by atoms with Crippen molar-refractivity contribution in [1.29, 1.82) is 0 Å². The molecule has 194 valence electrons. The van der Waals surface area contributed by atoms with Crippen LogP contribution in [0.4, 0.5) is 5.69 Å². The summed E-state index contributed by atoms with van der Waals surface area (Å²) in [4.78, 5) is 29.9. The highest BCUT2D eigenvalue weighted by Crippen LogP contribution is 2.34. The molecule has 2 aromatic carbocycles. The zero-order chi connectivity index (χ0) is 25.7. The highest BCUT2D eigenvalue weighted by atomic mass is 16.5. The Morgan fingerprint density at radius 3 is 2.25 bits per heavy atom. The molecule has 0 saturated carbocycles. The molecule has 2 aromatic rings. The number of rotatable bonds is 9. The van der Waals surface area contributed by atoms with Crippen LogP contribution in [0.2, 0.25) is 0 Å². The molecular weight excluding hydrogens is 462 g/mol. The molecule has 0 aromatic heterocycles. The van der Waals surface area contributed by atoms with E-state index in [0.717, 1.165) is 30.7 Å². The molecule has 9 heteroatoms. The van der Waals surface area contributed by atoms with Gasteiger partial charge in [-0.05, 0) is 54.8 Å². The lowest BCUT2D eigenvalue weighted by Gasteiger charge is -2.31. The summed E-state index contributed by atoms with van der Waals surface area (Å²) in [5, 5.41) is 2.91. The molecule has 1 saturated heterocycles. The minimum atomic E-state index is -0.0750. The third-order valence-electron chi connectivity index (χ3n) is 6.97. The quantitative estimate of drug-likeness (QED) is 0.570. The van der Waals surface area contributed by atoms with Gasteiger partial charge in [0.25, 0.3) is 0 Å². The molecule has 1 atom stereocenters. The van der Waals surface area contributed by atoms with Gasteiger partial charge in [0.1, 0.15) is 0 Å². The van der Waals surface area contributed by atoms with Crippen LogP contribution in [0.15, 0.2) is 30.3 Å². The van der Waals surface area contributed by atoms with Gasteiger partial charge in [0.05, 0.1) is 34.4 Å². The summed E-state index contributed by atoms with van der Waals surface area (Å²) in [5.41, 5.74) is 2.96. The maximum absolute atomic E-state index is 13.3. The molecular formula is C27H35N3O6. The molecule has 1 unspecified atom stereocenters. The number of fused-ring (bicyclic) bond motifs is 1. The molecule has 2 heterocycles. The Bertz CT molecular complexity index is 1110. The van der Waals surface area contributed by atoms with Crippen LogP contribution in [-0.4, -0.2) is 76.2 Å². The van der Waals surface area contributed by atoms with Gasteiger partial charge in [-0.2, -0.15) is 0 Å². The maximum atomic E-state index is 13.3. The molecule has 2 aliphatic rings. The summed E-state index contributed by atoms with van der Waals surface area (Å²) in [5.74, 6) is 2.65. The predicted octanol–water partition coefficient (Wildman–Crippen LogP) is 2.96. The first-order chi connectivity index (χ1) is 17.4. The lowest BCUT2D eigenvalue weighted by Crippen LogP contribution is -2.40. The van der Waals surface area contributed by atoms with Crippen LogP contribution in [0.5, 0.6) is 23.0 Å². The third kappa shape index (κ3) is 5.67. The minimum Gasteiger partial charge on any atom is -0.493 e. The number of likely N-dealkylation sites (tertiary alicyclic amines) is 1. The number of hydrogen-bond acceptors (Lipinski definition) is 7. The Morgan fingerprint density at radius 1 is 0.889 bits per heavy atom. The van der Waals surface area contributed by atoms with E-state index in [0.29, 0.717) is 55.5 Å². The van der Waals surface area contributed by atoms with E-state index in [2.05, 4.69) is 10.2 Å². The fraction of sp³-hybridized carbons (Fsp3) is 0.481. The average Bonchev–Trinajstić information content (AvgIpc) is 3.39. The predicted molar refractivity (Wildman–Crippen MR) is 136 cm³/mol. The zero-order valence-electron chi connectivity index (χ0n) is 21.5. The number of hydrogen-bond donors (Lipinski definition) is 1. The summed E-state index contributed by atoms with van der Waals surface area (Å²) in [6.45, 7) is 3.39. The van der Waals surface area contributed by atoms with E-state index < -0.39 is 0 Å². The standard InChI is InChI=1S/C27H35N3O6/c1-33-22-6-5-21(15-25(22)36-4)28-26(31)9-11-29-10-7-19(16-29)27(32)30-12-8-18-13-23(34-2)24(35-3)14-20(18)17-30/h5-6,13-15,19H,7-12,16-17H2,1-4H3,(H,28,31). The van der Waals surface area contributed by atoms with Crippen LogP contribution in [0.1, 0.15) is 24.0 Å². The third-order valence-corrected chi connectivity index (χ3v) is 6.97. The number of carbonyl (C=O) groups is 2. The lowest BCUT2D eigenvalue weighted by molar-refractivity contribution is -0.136. The number of amides is 2. The first-order valence-electron chi connectivity index (χ1n) is 12.2. The van der Waals surface area contributed by atoms with E-state index in [4.69, 9.17) is 18.9 Å². The van der Waals surface area contributed by atoms with Gasteiger partial charge in [0.2, 0.25) is 11.8 Å². The monoisotopic (exact) mass is 497 g/mol. The maximum Gasteiger partial charge on any atom is 0.227 e. The van der Waals surface area contributed by atoms with Crippen molar-refractivity contribution in [1.82, 2.24) is 9.80 Å². The van der Waals surface area contributed by atoms with Crippen molar-refractivity contribution in [2.45, 2.75) is 25.8 Å². The fourth-order valence-corrected chi connectivity index (χ4v) is 4.96. The summed E-state index contributed by atoms with van der Waals surface area (Å²) in [6, 6.07) is 9.28. The molecule has 0 spiro atoms. The van der Waals surface area contributed by atoms with Gasteiger partial charge in [0.15, 0.2) is 23.0 Å². The van der Waals surface area contributed by atoms with Gasteiger partial charge in [-0.15, -0.1) is 0 Å². The van der Waals surface area contributed by atoms with Crippen LogP contribution < -0.4 is 24.3 Å². The van der Waals surface area contributed by atoms with E-state index in [1.807, 2.05) is 17.0 Å².